The molecule has 0 bridgehead atoms. The Hall–Kier alpha value is -4.87. The molecule has 0 aliphatic carbocycles. The molecule has 2 aliphatic heterocycles. The number of nitrogens with zero attached hydrogens (tertiary/aromatic N) is 3. The van der Waals surface area contributed by atoms with Crippen LogP contribution < -0.4 is 25.0 Å². The number of amides is 1. The van der Waals surface area contributed by atoms with Gasteiger partial charge in [0, 0.05) is 25.4 Å². The molecule has 1 amide bonds. The minimum Gasteiger partial charge on any atom is -0.482 e. The summed E-state index contributed by atoms with van der Waals surface area (Å²) in [7, 11) is 1.75. The largest absolute Gasteiger partial charge is 0.482 e. The van der Waals surface area contributed by atoms with E-state index in [0.717, 1.165) is 35.5 Å². The van der Waals surface area contributed by atoms with Crippen LogP contribution in [0.25, 0.3) is 11.1 Å². The number of carbonyl (C=O) groups excluding carboxylic acids is 1. The number of nitriles is 1. The van der Waals surface area contributed by atoms with E-state index in [2.05, 4.69) is 21.7 Å². The van der Waals surface area contributed by atoms with Crippen LogP contribution in [0.15, 0.2) is 91.1 Å². The van der Waals surface area contributed by atoms with Gasteiger partial charge in [-0.15, -0.1) is 0 Å². The van der Waals surface area contributed by atoms with Crippen LogP contribution in [-0.2, 0) is 11.2 Å². The third-order valence-corrected chi connectivity index (χ3v) is 6.74. The molecule has 2 N–H and O–H groups in total. The molecule has 3 heterocycles. The van der Waals surface area contributed by atoms with Crippen molar-refractivity contribution in [3.63, 3.8) is 0 Å². The van der Waals surface area contributed by atoms with Gasteiger partial charge in [0.2, 0.25) is 5.88 Å². The summed E-state index contributed by atoms with van der Waals surface area (Å²) < 4.78 is 11.7. The standard InChI is InChI=1S/C26H25N5O3.C6H6/c1-31-23-7-6-19(11-24(23)33-16-25(31)32)20-10-22-26(30-13-20)34-21(15-29-22)14-28-9-8-17-2-4-18(12-27)5-3-17;1-2-4-6-5-3-1/h2-7,10-11,13,21,28-29H,8-9,14-16H2,1H3;1-6H/t21-;/m1./s1. The first-order chi connectivity index (χ1) is 19.6. The normalized spacial score (nSPS) is 15.2. The molecular weight excluding hydrogens is 502 g/mol. The van der Waals surface area contributed by atoms with Crippen LogP contribution in [0.4, 0.5) is 11.4 Å². The summed E-state index contributed by atoms with van der Waals surface area (Å²) in [5.41, 5.74) is 5.40. The Balaban J connectivity index is 0.000000477. The number of hydrogen-bond donors (Lipinski definition) is 2. The van der Waals surface area contributed by atoms with E-state index in [0.29, 0.717) is 30.3 Å². The minimum absolute atomic E-state index is 0.0166. The molecule has 0 radical (unpaired) electrons. The number of anilines is 2. The number of carbonyl (C=O) groups is 1. The van der Waals surface area contributed by atoms with Crippen LogP contribution in [0.1, 0.15) is 11.1 Å². The number of aromatic nitrogens is 1. The Morgan fingerprint density at radius 1 is 1.05 bits per heavy atom. The van der Waals surface area contributed by atoms with Crippen molar-refractivity contribution in [3.05, 3.63) is 102 Å². The number of benzene rings is 3. The molecule has 8 heteroatoms. The van der Waals surface area contributed by atoms with Gasteiger partial charge in [0.15, 0.2) is 6.61 Å². The Bertz CT molecular complexity index is 1460. The summed E-state index contributed by atoms with van der Waals surface area (Å²) in [4.78, 5) is 18.0. The van der Waals surface area contributed by atoms with Crippen LogP contribution in [0, 0.1) is 11.3 Å². The average Bonchev–Trinajstić information content (AvgIpc) is 3.02. The molecule has 2 aliphatic rings. The van der Waals surface area contributed by atoms with E-state index < -0.39 is 0 Å². The van der Waals surface area contributed by atoms with Gasteiger partial charge in [0.25, 0.3) is 5.91 Å². The summed E-state index contributed by atoms with van der Waals surface area (Å²) in [5, 5.41) is 15.7. The Labute approximate surface area is 234 Å². The van der Waals surface area contributed by atoms with E-state index in [9.17, 15) is 4.79 Å². The van der Waals surface area contributed by atoms with Crippen LogP contribution in [0.2, 0.25) is 0 Å². The summed E-state index contributed by atoms with van der Waals surface area (Å²) in [6, 6.07) is 29.6. The van der Waals surface area contributed by atoms with E-state index in [1.165, 1.54) is 5.56 Å². The van der Waals surface area contributed by atoms with Crippen molar-refractivity contribution >= 4 is 17.3 Å². The minimum atomic E-state index is -0.0599. The molecular formula is C32H31N5O3. The molecule has 1 atom stereocenters. The highest BCUT2D eigenvalue weighted by atomic mass is 16.5. The van der Waals surface area contributed by atoms with Crippen molar-refractivity contribution in [2.75, 3.05) is 43.5 Å². The lowest BCUT2D eigenvalue weighted by molar-refractivity contribution is -0.120. The van der Waals surface area contributed by atoms with Crippen LogP contribution in [-0.4, -0.2) is 50.3 Å². The molecule has 0 saturated heterocycles. The number of rotatable bonds is 6. The molecule has 0 spiro atoms. The summed E-state index contributed by atoms with van der Waals surface area (Å²) >= 11 is 0. The zero-order valence-electron chi connectivity index (χ0n) is 22.3. The van der Waals surface area contributed by atoms with Crippen molar-refractivity contribution in [2.45, 2.75) is 12.5 Å². The zero-order chi connectivity index (χ0) is 27.7. The molecule has 202 valence electrons. The third-order valence-electron chi connectivity index (χ3n) is 6.74. The molecule has 40 heavy (non-hydrogen) atoms. The number of likely N-dealkylation sites (N-methyl/N-ethyl adjacent to an activating group) is 1. The molecule has 0 saturated carbocycles. The second-order valence-corrected chi connectivity index (χ2v) is 9.54. The van der Waals surface area contributed by atoms with Crippen molar-refractivity contribution in [1.29, 1.82) is 5.26 Å². The van der Waals surface area contributed by atoms with Crippen LogP contribution in [0.5, 0.6) is 11.6 Å². The Kier molecular flexibility index (Phi) is 8.54. The maximum atomic E-state index is 11.8. The van der Waals surface area contributed by atoms with E-state index in [1.807, 2.05) is 84.9 Å². The number of hydrogen-bond acceptors (Lipinski definition) is 7. The van der Waals surface area contributed by atoms with Gasteiger partial charge < -0.3 is 25.0 Å². The van der Waals surface area contributed by atoms with Crippen molar-refractivity contribution in [1.82, 2.24) is 10.3 Å². The molecule has 0 fully saturated rings. The highest BCUT2D eigenvalue weighted by Crippen LogP contribution is 2.37. The molecule has 6 rings (SSSR count). The van der Waals surface area contributed by atoms with Gasteiger partial charge in [-0.3, -0.25) is 4.79 Å². The summed E-state index contributed by atoms with van der Waals surface area (Å²) in [5.74, 6) is 1.22. The van der Waals surface area contributed by atoms with Gasteiger partial charge in [-0.2, -0.15) is 5.26 Å². The molecule has 3 aromatic carbocycles. The summed E-state index contributed by atoms with van der Waals surface area (Å²) in [6.45, 7) is 2.27. The second-order valence-electron chi connectivity index (χ2n) is 9.54. The highest BCUT2D eigenvalue weighted by molar-refractivity contribution is 5.97. The SMILES string of the molecule is CN1C(=O)COc2cc(-c3cnc4c(c3)NC[C@@H](CNCCc3ccc(C#N)cc3)O4)ccc21.c1ccccc1. The lowest BCUT2D eigenvalue weighted by Gasteiger charge is -2.27. The maximum Gasteiger partial charge on any atom is 0.264 e. The monoisotopic (exact) mass is 533 g/mol. The van der Waals surface area contributed by atoms with E-state index in [4.69, 9.17) is 14.7 Å². The average molecular weight is 534 g/mol. The van der Waals surface area contributed by atoms with Crippen LogP contribution >= 0.6 is 0 Å². The summed E-state index contributed by atoms with van der Waals surface area (Å²) in [6.07, 6.45) is 2.66. The van der Waals surface area contributed by atoms with Crippen molar-refractivity contribution < 1.29 is 14.3 Å². The van der Waals surface area contributed by atoms with Gasteiger partial charge in [-0.25, -0.2) is 4.98 Å². The predicted molar refractivity (Wildman–Crippen MR) is 156 cm³/mol. The second kappa shape index (κ2) is 12.8. The van der Waals surface area contributed by atoms with Gasteiger partial charge in [0.05, 0.1) is 29.6 Å². The third kappa shape index (κ3) is 6.57. The fraction of sp³-hybridized carbons (Fsp3) is 0.219. The van der Waals surface area contributed by atoms with Crippen molar-refractivity contribution in [3.8, 4) is 28.8 Å². The zero-order valence-corrected chi connectivity index (χ0v) is 22.3. The number of fused-ring (bicyclic) bond motifs is 2. The fourth-order valence-corrected chi connectivity index (χ4v) is 4.45. The number of nitrogens with one attached hydrogen (secondary N) is 2. The van der Waals surface area contributed by atoms with E-state index in [-0.39, 0.29) is 18.6 Å². The molecule has 0 unspecified atom stereocenters. The predicted octanol–water partition coefficient (Wildman–Crippen LogP) is 4.67. The highest BCUT2D eigenvalue weighted by Gasteiger charge is 2.24. The molecule has 8 nitrogen and oxygen atoms in total. The first kappa shape index (κ1) is 26.7. The maximum absolute atomic E-state index is 11.8. The number of pyridine rings is 1. The van der Waals surface area contributed by atoms with E-state index >= 15 is 0 Å². The van der Waals surface area contributed by atoms with Gasteiger partial charge >= 0.3 is 0 Å². The quantitative estimate of drug-likeness (QED) is 0.348. The fourth-order valence-electron chi connectivity index (χ4n) is 4.45. The molecule has 4 aromatic rings. The topological polar surface area (TPSA) is 99.5 Å². The van der Waals surface area contributed by atoms with Gasteiger partial charge in [-0.1, -0.05) is 54.6 Å². The number of ether oxygens (including phenoxy) is 2. The Morgan fingerprint density at radius 2 is 1.80 bits per heavy atom. The van der Waals surface area contributed by atoms with Gasteiger partial charge in [-0.05, 0) is 54.4 Å². The Morgan fingerprint density at radius 3 is 2.52 bits per heavy atom. The van der Waals surface area contributed by atoms with Crippen LogP contribution in [0.3, 0.4) is 0 Å². The van der Waals surface area contributed by atoms with Crippen molar-refractivity contribution in [2.24, 2.45) is 0 Å². The lowest BCUT2D eigenvalue weighted by atomic mass is 10.0. The first-order valence-corrected chi connectivity index (χ1v) is 13.2. The smallest absolute Gasteiger partial charge is 0.264 e. The van der Waals surface area contributed by atoms with E-state index in [1.54, 1.807) is 18.1 Å². The van der Waals surface area contributed by atoms with Gasteiger partial charge in [0.1, 0.15) is 11.9 Å². The lowest BCUT2D eigenvalue weighted by Crippen LogP contribution is -2.40. The molecule has 1 aromatic heterocycles. The first-order valence-electron chi connectivity index (χ1n) is 13.2.